The first-order valence-corrected chi connectivity index (χ1v) is 7.25. The molecule has 0 saturated heterocycles. The van der Waals surface area contributed by atoms with Crippen LogP contribution in [0.3, 0.4) is 0 Å². The number of aliphatic hydroxyl groups is 1. The molecule has 0 aliphatic carbocycles. The number of nitrogens with one attached hydrogen (secondary N) is 1. The number of halogens is 1. The molecular formula is C18H16ClNO2. The minimum absolute atomic E-state index is 0.427. The van der Waals surface area contributed by atoms with E-state index in [2.05, 4.69) is 17.2 Å². The third kappa shape index (κ3) is 4.63. The van der Waals surface area contributed by atoms with Crippen LogP contribution in [0.25, 0.3) is 0 Å². The second-order valence-corrected chi connectivity index (χ2v) is 5.31. The Bertz CT molecular complexity index is 687. The normalized spacial score (nSPS) is 12.7. The van der Waals surface area contributed by atoms with Gasteiger partial charge in [0.1, 0.15) is 0 Å². The van der Waals surface area contributed by atoms with Crippen LogP contribution in [0.2, 0.25) is 5.02 Å². The van der Waals surface area contributed by atoms with E-state index in [-0.39, 0.29) is 0 Å². The number of hydrogen-bond acceptors (Lipinski definition) is 2. The molecule has 2 atom stereocenters. The van der Waals surface area contributed by atoms with Gasteiger partial charge in [-0.2, -0.15) is 0 Å². The van der Waals surface area contributed by atoms with Crippen LogP contribution in [0.15, 0.2) is 54.6 Å². The third-order valence-electron chi connectivity index (χ3n) is 3.14. The van der Waals surface area contributed by atoms with Crippen LogP contribution in [0.4, 0.5) is 0 Å². The van der Waals surface area contributed by atoms with Gasteiger partial charge in [0, 0.05) is 16.5 Å². The SMILES string of the molecule is CC(NC(=O)C#Cc1ccccc1)C(O)c1ccc(Cl)cc1. The summed E-state index contributed by atoms with van der Waals surface area (Å²) in [6.45, 7) is 1.72. The van der Waals surface area contributed by atoms with Gasteiger partial charge in [0.25, 0.3) is 5.91 Å². The van der Waals surface area contributed by atoms with Gasteiger partial charge in [-0.15, -0.1) is 0 Å². The molecule has 1 amide bonds. The Balaban J connectivity index is 1.96. The first-order chi connectivity index (χ1) is 10.6. The molecule has 0 aliphatic heterocycles. The number of aliphatic hydroxyl groups excluding tert-OH is 1. The number of amides is 1. The van der Waals surface area contributed by atoms with Gasteiger partial charge in [-0.05, 0) is 36.8 Å². The molecule has 2 N–H and O–H groups in total. The van der Waals surface area contributed by atoms with E-state index >= 15 is 0 Å². The van der Waals surface area contributed by atoms with Crippen LogP contribution in [0, 0.1) is 11.8 Å². The Hall–Kier alpha value is -2.28. The molecule has 2 aromatic carbocycles. The number of benzene rings is 2. The topological polar surface area (TPSA) is 49.3 Å². The van der Waals surface area contributed by atoms with Crippen LogP contribution in [-0.2, 0) is 4.79 Å². The fraction of sp³-hybridized carbons (Fsp3) is 0.167. The lowest BCUT2D eigenvalue weighted by molar-refractivity contribution is -0.117. The maximum absolute atomic E-state index is 11.8. The molecule has 2 unspecified atom stereocenters. The third-order valence-corrected chi connectivity index (χ3v) is 3.39. The van der Waals surface area contributed by atoms with Crippen molar-refractivity contribution in [2.24, 2.45) is 0 Å². The van der Waals surface area contributed by atoms with E-state index in [0.717, 1.165) is 5.56 Å². The predicted octanol–water partition coefficient (Wildman–Crippen LogP) is 2.93. The van der Waals surface area contributed by atoms with Crippen molar-refractivity contribution >= 4 is 17.5 Å². The first-order valence-electron chi connectivity index (χ1n) is 6.87. The van der Waals surface area contributed by atoms with Gasteiger partial charge in [0.05, 0.1) is 12.1 Å². The lowest BCUT2D eigenvalue weighted by Gasteiger charge is -2.19. The zero-order valence-electron chi connectivity index (χ0n) is 12.1. The monoisotopic (exact) mass is 313 g/mol. The molecule has 0 radical (unpaired) electrons. The molecule has 0 heterocycles. The highest BCUT2D eigenvalue weighted by Crippen LogP contribution is 2.19. The van der Waals surface area contributed by atoms with E-state index < -0.39 is 18.1 Å². The molecule has 0 aromatic heterocycles. The summed E-state index contributed by atoms with van der Waals surface area (Å²) in [7, 11) is 0. The number of carbonyl (C=O) groups is 1. The van der Waals surface area contributed by atoms with E-state index in [1.54, 1.807) is 31.2 Å². The van der Waals surface area contributed by atoms with Gasteiger partial charge in [-0.25, -0.2) is 0 Å². The molecule has 0 fully saturated rings. The Labute approximate surface area is 134 Å². The van der Waals surface area contributed by atoms with Gasteiger partial charge in [0.2, 0.25) is 0 Å². The molecule has 0 spiro atoms. The van der Waals surface area contributed by atoms with Crippen molar-refractivity contribution in [3.8, 4) is 11.8 Å². The summed E-state index contributed by atoms with van der Waals surface area (Å²) in [6, 6.07) is 15.6. The highest BCUT2D eigenvalue weighted by Gasteiger charge is 2.17. The molecule has 0 bridgehead atoms. The van der Waals surface area contributed by atoms with Crippen molar-refractivity contribution in [1.29, 1.82) is 0 Å². The minimum atomic E-state index is -0.820. The van der Waals surface area contributed by atoms with Crippen molar-refractivity contribution in [1.82, 2.24) is 5.32 Å². The Morgan fingerprint density at radius 2 is 1.77 bits per heavy atom. The smallest absolute Gasteiger partial charge is 0.296 e. The summed E-state index contributed by atoms with van der Waals surface area (Å²) < 4.78 is 0. The van der Waals surface area contributed by atoms with Crippen LogP contribution in [0.5, 0.6) is 0 Å². The van der Waals surface area contributed by atoms with Crippen molar-refractivity contribution in [2.45, 2.75) is 19.1 Å². The molecule has 2 aromatic rings. The average Bonchev–Trinajstić information content (AvgIpc) is 2.54. The summed E-state index contributed by atoms with van der Waals surface area (Å²) in [5.74, 6) is 4.86. The van der Waals surface area contributed by atoms with Gasteiger partial charge in [0.15, 0.2) is 0 Å². The summed E-state index contributed by atoms with van der Waals surface area (Å²) >= 11 is 5.81. The quantitative estimate of drug-likeness (QED) is 0.856. The Kier molecular flexibility index (Phi) is 5.60. The second-order valence-electron chi connectivity index (χ2n) is 4.87. The summed E-state index contributed by atoms with van der Waals surface area (Å²) in [6.07, 6.45) is -0.820. The fourth-order valence-corrected chi connectivity index (χ4v) is 2.05. The van der Waals surface area contributed by atoms with Crippen molar-refractivity contribution in [3.05, 3.63) is 70.7 Å². The zero-order valence-corrected chi connectivity index (χ0v) is 12.8. The van der Waals surface area contributed by atoms with E-state index in [1.165, 1.54) is 0 Å². The highest BCUT2D eigenvalue weighted by molar-refractivity contribution is 6.30. The molecule has 2 rings (SSSR count). The van der Waals surface area contributed by atoms with E-state index in [9.17, 15) is 9.90 Å². The van der Waals surface area contributed by atoms with Crippen LogP contribution >= 0.6 is 11.6 Å². The Morgan fingerprint density at radius 1 is 1.14 bits per heavy atom. The second kappa shape index (κ2) is 7.65. The number of hydrogen-bond donors (Lipinski definition) is 2. The van der Waals surface area contributed by atoms with Gasteiger partial charge < -0.3 is 10.4 Å². The van der Waals surface area contributed by atoms with Crippen molar-refractivity contribution < 1.29 is 9.90 Å². The number of rotatable bonds is 3. The van der Waals surface area contributed by atoms with E-state index in [0.29, 0.717) is 10.6 Å². The molecule has 0 aliphatic rings. The molecule has 112 valence electrons. The minimum Gasteiger partial charge on any atom is -0.386 e. The molecule has 4 heteroatoms. The first kappa shape index (κ1) is 16.1. The van der Waals surface area contributed by atoms with E-state index in [1.807, 2.05) is 30.3 Å². The number of carbonyl (C=O) groups excluding carboxylic acids is 1. The Morgan fingerprint density at radius 3 is 2.41 bits per heavy atom. The maximum atomic E-state index is 11.8. The molecule has 3 nitrogen and oxygen atoms in total. The van der Waals surface area contributed by atoms with Gasteiger partial charge >= 0.3 is 0 Å². The zero-order chi connectivity index (χ0) is 15.9. The van der Waals surface area contributed by atoms with Gasteiger partial charge in [-0.1, -0.05) is 47.9 Å². The summed E-state index contributed by atoms with van der Waals surface area (Å²) in [5.41, 5.74) is 1.46. The van der Waals surface area contributed by atoms with Crippen molar-refractivity contribution in [3.63, 3.8) is 0 Å². The predicted molar refractivity (Wildman–Crippen MR) is 87.3 cm³/mol. The summed E-state index contributed by atoms with van der Waals surface area (Å²) in [4.78, 5) is 11.8. The fourth-order valence-electron chi connectivity index (χ4n) is 1.92. The van der Waals surface area contributed by atoms with Crippen LogP contribution in [0.1, 0.15) is 24.2 Å². The lowest BCUT2D eigenvalue weighted by atomic mass is 10.0. The van der Waals surface area contributed by atoms with Crippen LogP contribution in [-0.4, -0.2) is 17.1 Å². The average molecular weight is 314 g/mol. The standard InChI is InChI=1S/C18H16ClNO2/c1-13(18(22)15-8-10-16(19)11-9-15)20-17(21)12-7-14-5-3-2-4-6-14/h2-6,8-11,13,18,22H,1H3,(H,20,21). The molecular weight excluding hydrogens is 298 g/mol. The lowest BCUT2D eigenvalue weighted by Crippen LogP contribution is -2.36. The summed E-state index contributed by atoms with van der Waals surface area (Å²) in [5, 5.41) is 13.5. The highest BCUT2D eigenvalue weighted by atomic mass is 35.5. The molecule has 22 heavy (non-hydrogen) atoms. The largest absolute Gasteiger partial charge is 0.386 e. The molecule has 0 saturated carbocycles. The van der Waals surface area contributed by atoms with E-state index in [4.69, 9.17) is 11.6 Å². The van der Waals surface area contributed by atoms with Gasteiger partial charge in [-0.3, -0.25) is 4.79 Å². The van der Waals surface area contributed by atoms with Crippen molar-refractivity contribution in [2.75, 3.05) is 0 Å². The maximum Gasteiger partial charge on any atom is 0.296 e. The van der Waals surface area contributed by atoms with Crippen LogP contribution < -0.4 is 5.32 Å².